The number of anilines is 1. The molecule has 2 aromatic heterocycles. The number of pyridine rings is 1. The van der Waals surface area contributed by atoms with Crippen LogP contribution in [0.15, 0.2) is 64.6 Å². The fraction of sp³-hybridized carbons (Fsp3) is 0.211. The lowest BCUT2D eigenvalue weighted by molar-refractivity contribution is 0.595. The van der Waals surface area contributed by atoms with E-state index in [2.05, 4.69) is 4.98 Å². The lowest BCUT2D eigenvalue weighted by atomic mass is 10.2. The molecule has 130 valence electrons. The van der Waals surface area contributed by atoms with Crippen LogP contribution in [-0.2, 0) is 22.8 Å². The first-order valence-corrected chi connectivity index (χ1v) is 9.55. The van der Waals surface area contributed by atoms with Crippen LogP contribution >= 0.6 is 0 Å². The molecule has 3 aromatic rings. The van der Waals surface area contributed by atoms with Crippen molar-refractivity contribution in [2.75, 3.05) is 5.73 Å². The smallest absolute Gasteiger partial charge is 0.210 e. The third kappa shape index (κ3) is 3.17. The fourth-order valence-corrected chi connectivity index (χ4v) is 4.68. The third-order valence-electron chi connectivity index (χ3n) is 4.51. The van der Waals surface area contributed by atoms with E-state index >= 15 is 0 Å². The molecule has 0 saturated carbocycles. The van der Waals surface area contributed by atoms with E-state index in [0.29, 0.717) is 17.9 Å². The average molecular weight is 355 g/mol. The van der Waals surface area contributed by atoms with Crippen molar-refractivity contribution >= 4 is 15.7 Å². The van der Waals surface area contributed by atoms with Crippen LogP contribution in [0.3, 0.4) is 0 Å². The molecule has 1 aromatic carbocycles. The second-order valence-electron chi connectivity index (χ2n) is 6.00. The van der Waals surface area contributed by atoms with Gasteiger partial charge in [-0.1, -0.05) is 18.2 Å². The first-order chi connectivity index (χ1) is 11.9. The monoisotopic (exact) mass is 355 g/mol. The number of hydrogen-bond donors (Lipinski definition) is 1. The SMILES string of the molecule is Cc1c(S(=O)(=O)c2ccccc2)c(N)n(CCc2ccncc2)c1C. The number of nitrogens with zero attached hydrogens (tertiary/aromatic N) is 2. The van der Waals surface area contributed by atoms with Crippen LogP contribution in [0.1, 0.15) is 16.8 Å². The first kappa shape index (κ1) is 17.2. The maximum Gasteiger partial charge on any atom is 0.210 e. The predicted octanol–water partition coefficient (Wildman–Crippen LogP) is 3.16. The Bertz CT molecular complexity index is 979. The standard InChI is InChI=1S/C19H21N3O2S/c1-14-15(2)22(13-10-16-8-11-21-12-9-16)19(20)18(14)25(23,24)17-6-4-3-5-7-17/h3-9,11-12H,10,13,20H2,1-2H3. The Morgan fingerprint density at radius 1 is 1.04 bits per heavy atom. The van der Waals surface area contributed by atoms with Crippen molar-refractivity contribution in [1.82, 2.24) is 9.55 Å². The van der Waals surface area contributed by atoms with Crippen LogP contribution in [0.4, 0.5) is 5.82 Å². The number of sulfone groups is 1. The summed E-state index contributed by atoms with van der Waals surface area (Å²) >= 11 is 0. The van der Waals surface area contributed by atoms with Crippen LogP contribution in [0, 0.1) is 13.8 Å². The van der Waals surface area contributed by atoms with Crippen LogP contribution in [0.5, 0.6) is 0 Å². The molecular weight excluding hydrogens is 334 g/mol. The van der Waals surface area contributed by atoms with Gasteiger partial charge in [-0.2, -0.15) is 0 Å². The second kappa shape index (κ2) is 6.72. The van der Waals surface area contributed by atoms with Crippen molar-refractivity contribution in [2.24, 2.45) is 0 Å². The molecule has 5 nitrogen and oxygen atoms in total. The summed E-state index contributed by atoms with van der Waals surface area (Å²) in [6.07, 6.45) is 4.25. The van der Waals surface area contributed by atoms with E-state index < -0.39 is 9.84 Å². The Hall–Kier alpha value is -2.60. The van der Waals surface area contributed by atoms with Gasteiger partial charge in [0.15, 0.2) is 0 Å². The zero-order chi connectivity index (χ0) is 18.0. The van der Waals surface area contributed by atoms with Gasteiger partial charge in [-0.25, -0.2) is 8.42 Å². The summed E-state index contributed by atoms with van der Waals surface area (Å²) in [6.45, 7) is 4.33. The van der Waals surface area contributed by atoms with Gasteiger partial charge in [-0.05, 0) is 55.7 Å². The molecule has 0 aliphatic heterocycles. The van der Waals surface area contributed by atoms with E-state index in [1.54, 1.807) is 42.7 Å². The van der Waals surface area contributed by atoms with Gasteiger partial charge in [0.25, 0.3) is 0 Å². The van der Waals surface area contributed by atoms with Crippen molar-refractivity contribution in [3.8, 4) is 0 Å². The molecule has 2 heterocycles. The Balaban J connectivity index is 2.00. The number of hydrogen-bond acceptors (Lipinski definition) is 4. The van der Waals surface area contributed by atoms with E-state index in [4.69, 9.17) is 5.73 Å². The number of aryl methyl sites for hydroxylation is 1. The van der Waals surface area contributed by atoms with Gasteiger partial charge >= 0.3 is 0 Å². The molecule has 0 saturated heterocycles. The van der Waals surface area contributed by atoms with Gasteiger partial charge in [-0.15, -0.1) is 0 Å². The average Bonchev–Trinajstić information content (AvgIpc) is 2.84. The van der Waals surface area contributed by atoms with Crippen LogP contribution in [-0.4, -0.2) is 18.0 Å². The van der Waals surface area contributed by atoms with Crippen molar-refractivity contribution in [3.05, 3.63) is 71.7 Å². The number of nitrogen functional groups attached to an aromatic ring is 1. The van der Waals surface area contributed by atoms with E-state index in [1.165, 1.54) is 0 Å². The van der Waals surface area contributed by atoms with Crippen LogP contribution in [0.2, 0.25) is 0 Å². The van der Waals surface area contributed by atoms with E-state index in [1.807, 2.05) is 30.5 Å². The minimum Gasteiger partial charge on any atom is -0.384 e. The highest BCUT2D eigenvalue weighted by Gasteiger charge is 2.27. The van der Waals surface area contributed by atoms with Gasteiger partial charge in [0.05, 0.1) is 4.90 Å². The molecule has 0 bridgehead atoms. The van der Waals surface area contributed by atoms with E-state index in [9.17, 15) is 8.42 Å². The van der Waals surface area contributed by atoms with E-state index in [-0.39, 0.29) is 9.79 Å². The largest absolute Gasteiger partial charge is 0.384 e. The summed E-state index contributed by atoms with van der Waals surface area (Å²) in [5.41, 5.74) is 8.98. The molecule has 0 atom stereocenters. The molecule has 0 spiro atoms. The van der Waals surface area contributed by atoms with Crippen molar-refractivity contribution in [1.29, 1.82) is 0 Å². The Labute approximate surface area is 148 Å². The molecule has 6 heteroatoms. The summed E-state index contributed by atoms with van der Waals surface area (Å²) in [4.78, 5) is 4.48. The molecule has 0 unspecified atom stereocenters. The number of rotatable bonds is 5. The zero-order valence-electron chi connectivity index (χ0n) is 14.3. The summed E-state index contributed by atoms with van der Waals surface area (Å²) in [7, 11) is -3.64. The minimum absolute atomic E-state index is 0.214. The highest BCUT2D eigenvalue weighted by molar-refractivity contribution is 7.91. The fourth-order valence-electron chi connectivity index (χ4n) is 3.00. The quantitative estimate of drug-likeness (QED) is 0.762. The maximum absolute atomic E-state index is 13.0. The molecular formula is C19H21N3O2S. The molecule has 2 N–H and O–H groups in total. The minimum atomic E-state index is -3.64. The first-order valence-electron chi connectivity index (χ1n) is 8.07. The maximum atomic E-state index is 13.0. The zero-order valence-corrected chi connectivity index (χ0v) is 15.1. The van der Waals surface area contributed by atoms with Gasteiger partial charge in [0, 0.05) is 24.6 Å². The molecule has 3 rings (SSSR count). The Morgan fingerprint density at radius 3 is 2.32 bits per heavy atom. The lowest BCUT2D eigenvalue weighted by Gasteiger charge is -2.10. The molecule has 0 amide bonds. The topological polar surface area (TPSA) is 78.0 Å². The summed E-state index contributed by atoms with van der Waals surface area (Å²) < 4.78 is 27.9. The Morgan fingerprint density at radius 2 is 1.68 bits per heavy atom. The van der Waals surface area contributed by atoms with Gasteiger partial charge in [-0.3, -0.25) is 4.98 Å². The van der Waals surface area contributed by atoms with Gasteiger partial charge < -0.3 is 10.3 Å². The molecule has 25 heavy (non-hydrogen) atoms. The predicted molar refractivity (Wildman–Crippen MR) is 98.2 cm³/mol. The summed E-state index contributed by atoms with van der Waals surface area (Å²) in [5.74, 6) is 0.299. The lowest BCUT2D eigenvalue weighted by Crippen LogP contribution is -2.10. The number of benzene rings is 1. The van der Waals surface area contributed by atoms with E-state index in [0.717, 1.165) is 17.7 Å². The van der Waals surface area contributed by atoms with Gasteiger partial charge in [0.2, 0.25) is 9.84 Å². The van der Waals surface area contributed by atoms with Gasteiger partial charge in [0.1, 0.15) is 10.7 Å². The highest BCUT2D eigenvalue weighted by atomic mass is 32.2. The molecule has 0 fully saturated rings. The molecule has 0 aliphatic carbocycles. The second-order valence-corrected chi connectivity index (χ2v) is 7.88. The van der Waals surface area contributed by atoms with Crippen molar-refractivity contribution < 1.29 is 8.42 Å². The van der Waals surface area contributed by atoms with Crippen LogP contribution < -0.4 is 5.73 Å². The molecule has 0 radical (unpaired) electrons. The summed E-state index contributed by atoms with van der Waals surface area (Å²) in [5, 5.41) is 0. The number of nitrogens with two attached hydrogens (primary N) is 1. The summed E-state index contributed by atoms with van der Waals surface area (Å²) in [6, 6.07) is 12.3. The third-order valence-corrected chi connectivity index (χ3v) is 6.45. The van der Waals surface area contributed by atoms with Crippen molar-refractivity contribution in [2.45, 2.75) is 36.6 Å². The van der Waals surface area contributed by atoms with Crippen molar-refractivity contribution in [3.63, 3.8) is 0 Å². The Kier molecular flexibility index (Phi) is 4.63. The van der Waals surface area contributed by atoms with Crippen LogP contribution in [0.25, 0.3) is 0 Å². The normalized spacial score (nSPS) is 11.6. The molecule has 0 aliphatic rings. The highest BCUT2D eigenvalue weighted by Crippen LogP contribution is 2.33. The number of aromatic nitrogens is 2.